The van der Waals surface area contributed by atoms with Crippen LogP contribution in [-0.4, -0.2) is 27.2 Å². The van der Waals surface area contributed by atoms with Gasteiger partial charge in [-0.2, -0.15) is 0 Å². The van der Waals surface area contributed by atoms with Gasteiger partial charge in [0.1, 0.15) is 17.0 Å². The van der Waals surface area contributed by atoms with Crippen LogP contribution in [0.1, 0.15) is 32.1 Å². The topological polar surface area (TPSA) is 58.0 Å². The number of fused-ring (bicyclic) bond motifs is 1. The van der Waals surface area contributed by atoms with Crippen LogP contribution >= 0.6 is 11.3 Å². The first-order chi connectivity index (χ1) is 8.77. The van der Waals surface area contributed by atoms with E-state index in [4.69, 9.17) is 0 Å². The lowest BCUT2D eigenvalue weighted by molar-refractivity contribution is 0.0167. The van der Waals surface area contributed by atoms with Crippen molar-refractivity contribution in [3.05, 3.63) is 17.8 Å². The average Bonchev–Trinajstić information content (AvgIpc) is 2.86. The minimum atomic E-state index is -0.564. The van der Waals surface area contributed by atoms with E-state index in [9.17, 15) is 5.11 Å². The first-order valence-corrected chi connectivity index (χ1v) is 7.29. The smallest absolute Gasteiger partial charge is 0.138 e. The van der Waals surface area contributed by atoms with Gasteiger partial charge in [0.2, 0.25) is 0 Å². The molecular formula is C13H17N3OS. The van der Waals surface area contributed by atoms with Crippen molar-refractivity contribution in [2.75, 3.05) is 11.9 Å². The quantitative estimate of drug-likeness (QED) is 0.894. The second kappa shape index (κ2) is 4.82. The molecule has 96 valence electrons. The van der Waals surface area contributed by atoms with Crippen molar-refractivity contribution in [1.82, 2.24) is 9.97 Å². The molecule has 0 radical (unpaired) electrons. The number of hydrogen-bond donors (Lipinski definition) is 2. The van der Waals surface area contributed by atoms with Gasteiger partial charge in [0, 0.05) is 6.54 Å². The van der Waals surface area contributed by atoms with Crippen LogP contribution in [0.15, 0.2) is 17.8 Å². The highest BCUT2D eigenvalue weighted by Crippen LogP contribution is 2.29. The van der Waals surface area contributed by atoms with Crippen molar-refractivity contribution < 1.29 is 5.11 Å². The number of nitrogens with one attached hydrogen (secondary N) is 1. The van der Waals surface area contributed by atoms with Crippen molar-refractivity contribution in [2.45, 2.75) is 37.7 Å². The van der Waals surface area contributed by atoms with Crippen LogP contribution in [0.5, 0.6) is 0 Å². The molecule has 3 rings (SSSR count). The van der Waals surface area contributed by atoms with Gasteiger partial charge in [0.15, 0.2) is 0 Å². The lowest BCUT2D eigenvalue weighted by atomic mass is 9.85. The molecule has 0 atom stereocenters. The molecule has 0 amide bonds. The summed E-state index contributed by atoms with van der Waals surface area (Å²) in [5.74, 6) is 0.834. The summed E-state index contributed by atoms with van der Waals surface area (Å²) in [6.45, 7) is 0.578. The zero-order valence-corrected chi connectivity index (χ0v) is 11.0. The van der Waals surface area contributed by atoms with Gasteiger partial charge >= 0.3 is 0 Å². The predicted octanol–water partition coefficient (Wildman–Crippen LogP) is 2.80. The van der Waals surface area contributed by atoms with E-state index in [-0.39, 0.29) is 0 Å². The summed E-state index contributed by atoms with van der Waals surface area (Å²) >= 11 is 1.61. The standard InChI is InChI=1S/C13H17N3OS/c17-13(5-2-1-3-6-13)8-14-11-10-4-7-18-12(10)16-9-15-11/h4,7,9,17H,1-3,5-6,8H2,(H,14,15,16). The van der Waals surface area contributed by atoms with Crippen molar-refractivity contribution in [2.24, 2.45) is 0 Å². The fraction of sp³-hybridized carbons (Fsp3) is 0.538. The third-order valence-corrected chi connectivity index (χ3v) is 4.45. The molecule has 1 fully saturated rings. The summed E-state index contributed by atoms with van der Waals surface area (Å²) in [5.41, 5.74) is -0.564. The van der Waals surface area contributed by atoms with Crippen LogP contribution in [0.3, 0.4) is 0 Å². The van der Waals surface area contributed by atoms with Gasteiger partial charge in [-0.05, 0) is 24.3 Å². The minimum absolute atomic E-state index is 0.564. The summed E-state index contributed by atoms with van der Waals surface area (Å²) in [6.07, 6.45) is 6.83. The second-order valence-electron chi connectivity index (χ2n) is 5.00. The molecule has 18 heavy (non-hydrogen) atoms. The molecule has 2 N–H and O–H groups in total. The maximum absolute atomic E-state index is 10.5. The number of aliphatic hydroxyl groups is 1. The van der Waals surface area contributed by atoms with E-state index < -0.39 is 5.60 Å². The molecule has 2 heterocycles. The highest BCUT2D eigenvalue weighted by atomic mass is 32.1. The normalized spacial score (nSPS) is 18.9. The van der Waals surface area contributed by atoms with E-state index in [1.165, 1.54) is 6.42 Å². The van der Waals surface area contributed by atoms with Gasteiger partial charge in [-0.15, -0.1) is 11.3 Å². The second-order valence-corrected chi connectivity index (χ2v) is 5.89. The summed E-state index contributed by atoms with van der Waals surface area (Å²) in [6, 6.07) is 2.02. The highest BCUT2D eigenvalue weighted by molar-refractivity contribution is 7.16. The summed E-state index contributed by atoms with van der Waals surface area (Å²) in [5, 5.41) is 16.8. The van der Waals surface area contributed by atoms with Gasteiger partial charge in [0.25, 0.3) is 0 Å². The number of thiophene rings is 1. The van der Waals surface area contributed by atoms with Crippen molar-refractivity contribution >= 4 is 27.4 Å². The van der Waals surface area contributed by atoms with E-state index in [0.29, 0.717) is 6.54 Å². The van der Waals surface area contributed by atoms with Crippen LogP contribution < -0.4 is 5.32 Å². The maximum Gasteiger partial charge on any atom is 0.138 e. The van der Waals surface area contributed by atoms with Gasteiger partial charge < -0.3 is 10.4 Å². The Morgan fingerprint density at radius 2 is 2.11 bits per heavy atom. The summed E-state index contributed by atoms with van der Waals surface area (Å²) in [7, 11) is 0. The Morgan fingerprint density at radius 3 is 2.94 bits per heavy atom. The van der Waals surface area contributed by atoms with Crippen LogP contribution in [0, 0.1) is 0 Å². The third-order valence-electron chi connectivity index (χ3n) is 3.63. The fourth-order valence-electron chi connectivity index (χ4n) is 2.57. The van der Waals surface area contributed by atoms with Gasteiger partial charge in [-0.1, -0.05) is 19.3 Å². The zero-order chi connectivity index (χ0) is 12.4. The third kappa shape index (κ3) is 2.33. The van der Waals surface area contributed by atoms with Crippen LogP contribution in [0.2, 0.25) is 0 Å². The molecule has 1 saturated carbocycles. The lowest BCUT2D eigenvalue weighted by Gasteiger charge is -2.32. The molecule has 0 spiro atoms. The number of nitrogens with zero attached hydrogens (tertiary/aromatic N) is 2. The molecular weight excluding hydrogens is 246 g/mol. The Morgan fingerprint density at radius 1 is 1.28 bits per heavy atom. The number of hydrogen-bond acceptors (Lipinski definition) is 5. The Labute approximate surface area is 110 Å². The molecule has 0 saturated heterocycles. The van der Waals surface area contributed by atoms with E-state index in [1.54, 1.807) is 17.7 Å². The Hall–Kier alpha value is -1.20. The maximum atomic E-state index is 10.5. The molecule has 2 aromatic heterocycles. The largest absolute Gasteiger partial charge is 0.388 e. The van der Waals surface area contributed by atoms with Crippen molar-refractivity contribution in [3.63, 3.8) is 0 Å². The monoisotopic (exact) mass is 263 g/mol. The molecule has 5 heteroatoms. The number of aromatic nitrogens is 2. The van der Waals surface area contributed by atoms with Crippen LogP contribution in [-0.2, 0) is 0 Å². The first-order valence-electron chi connectivity index (χ1n) is 6.41. The Kier molecular flexibility index (Phi) is 3.18. The summed E-state index contributed by atoms with van der Waals surface area (Å²) < 4.78 is 0. The molecule has 0 unspecified atom stereocenters. The molecule has 0 aromatic carbocycles. The zero-order valence-electron chi connectivity index (χ0n) is 10.2. The van der Waals surface area contributed by atoms with Crippen LogP contribution in [0.4, 0.5) is 5.82 Å². The van der Waals surface area contributed by atoms with E-state index in [1.807, 2.05) is 11.4 Å². The predicted molar refractivity (Wildman–Crippen MR) is 73.9 cm³/mol. The molecule has 1 aliphatic carbocycles. The van der Waals surface area contributed by atoms with E-state index in [0.717, 1.165) is 41.7 Å². The van der Waals surface area contributed by atoms with Gasteiger partial charge in [-0.3, -0.25) is 0 Å². The van der Waals surface area contributed by atoms with Crippen molar-refractivity contribution in [1.29, 1.82) is 0 Å². The summed E-state index contributed by atoms with van der Waals surface area (Å²) in [4.78, 5) is 9.48. The van der Waals surface area contributed by atoms with Gasteiger partial charge in [0.05, 0.1) is 11.0 Å². The average molecular weight is 263 g/mol. The first kappa shape index (κ1) is 11.9. The number of rotatable bonds is 3. The molecule has 0 aliphatic heterocycles. The lowest BCUT2D eigenvalue weighted by Crippen LogP contribution is -2.38. The van der Waals surface area contributed by atoms with Gasteiger partial charge in [-0.25, -0.2) is 9.97 Å². The Balaban J connectivity index is 1.74. The minimum Gasteiger partial charge on any atom is -0.388 e. The Bertz CT molecular complexity index is 534. The fourth-order valence-corrected chi connectivity index (χ4v) is 3.30. The highest BCUT2D eigenvalue weighted by Gasteiger charge is 2.29. The molecule has 0 bridgehead atoms. The van der Waals surface area contributed by atoms with E-state index in [2.05, 4.69) is 15.3 Å². The van der Waals surface area contributed by atoms with Crippen LogP contribution in [0.25, 0.3) is 10.2 Å². The molecule has 1 aliphatic rings. The molecule has 4 nitrogen and oxygen atoms in total. The number of anilines is 1. The molecule has 2 aromatic rings. The van der Waals surface area contributed by atoms with E-state index >= 15 is 0 Å². The van der Waals surface area contributed by atoms with Crippen molar-refractivity contribution in [3.8, 4) is 0 Å². The SMILES string of the molecule is OC1(CNc2ncnc3sccc23)CCCCC1.